The fourth-order valence-corrected chi connectivity index (χ4v) is 3.45. The van der Waals surface area contributed by atoms with Gasteiger partial charge >= 0.3 is 5.97 Å². The molecule has 0 bridgehead atoms. The van der Waals surface area contributed by atoms with E-state index in [1.54, 1.807) is 23.0 Å². The van der Waals surface area contributed by atoms with Gasteiger partial charge in [0.2, 0.25) is 5.78 Å². The van der Waals surface area contributed by atoms with Crippen LogP contribution in [0.1, 0.15) is 53.4 Å². The van der Waals surface area contributed by atoms with E-state index in [4.69, 9.17) is 9.47 Å². The molecular formula is C19H18N2O4. The molecule has 0 N–H and O–H groups in total. The number of ketones is 1. The smallest absolute Gasteiger partial charge is 0.312 e. The Balaban J connectivity index is 1.95. The number of esters is 1. The van der Waals surface area contributed by atoms with Gasteiger partial charge in [0.1, 0.15) is 11.5 Å². The van der Waals surface area contributed by atoms with Crippen LogP contribution in [0.3, 0.4) is 0 Å². The number of fused-ring (bicyclic) bond motifs is 3. The van der Waals surface area contributed by atoms with Crippen LogP contribution in [-0.2, 0) is 11.8 Å². The number of aromatic nitrogens is 2. The van der Waals surface area contributed by atoms with Gasteiger partial charge in [0, 0.05) is 29.8 Å². The number of aryl methyl sites for hydroxylation is 1. The van der Waals surface area contributed by atoms with E-state index >= 15 is 0 Å². The lowest BCUT2D eigenvalue weighted by atomic mass is 9.85. The topological polar surface area (TPSA) is 70.4 Å². The minimum Gasteiger partial charge on any atom is -0.452 e. The number of allylic oxidation sites excluding steroid dienone is 2. The molecule has 6 nitrogen and oxygen atoms in total. The fourth-order valence-electron chi connectivity index (χ4n) is 3.45. The van der Waals surface area contributed by atoms with Crippen molar-refractivity contribution < 1.29 is 19.1 Å². The molecule has 1 atom stereocenters. The number of hydrogen-bond donors (Lipinski definition) is 0. The lowest BCUT2D eigenvalue weighted by Crippen LogP contribution is -2.22. The third-order valence-electron chi connectivity index (χ3n) is 4.86. The van der Waals surface area contributed by atoms with Crippen molar-refractivity contribution in [2.75, 3.05) is 0 Å². The number of hydrogen-bond acceptors (Lipinski definition) is 5. The molecule has 0 spiro atoms. The van der Waals surface area contributed by atoms with Crippen LogP contribution in [0.15, 0.2) is 29.7 Å². The Morgan fingerprint density at radius 2 is 2.00 bits per heavy atom. The monoisotopic (exact) mass is 338 g/mol. The van der Waals surface area contributed by atoms with Gasteiger partial charge in [-0.3, -0.25) is 14.3 Å². The van der Waals surface area contributed by atoms with E-state index in [-0.39, 0.29) is 24.1 Å². The second kappa shape index (κ2) is 5.31. The molecule has 4 rings (SSSR count). The number of nitrogens with zero attached hydrogens (tertiary/aromatic N) is 2. The Hall–Kier alpha value is -2.89. The summed E-state index contributed by atoms with van der Waals surface area (Å²) in [4.78, 5) is 24.7. The lowest BCUT2D eigenvalue weighted by molar-refractivity contribution is -0.135. The standard InChI is InChI=1S/C19H18N2O4/c1-9(2)18-17(23)11-5-6-14-16(19(11)25-18)12(7-15(22)24-14)13-8-20-21(4)10(13)3/h5-6,8,12H,7H2,1-4H3/t12-/m1/s1. The Kier molecular flexibility index (Phi) is 3.32. The quantitative estimate of drug-likeness (QED) is 0.454. The zero-order valence-electron chi connectivity index (χ0n) is 14.5. The van der Waals surface area contributed by atoms with E-state index < -0.39 is 0 Å². The second-order valence-electron chi connectivity index (χ2n) is 6.65. The van der Waals surface area contributed by atoms with Crippen molar-refractivity contribution in [3.63, 3.8) is 0 Å². The molecule has 2 aliphatic heterocycles. The van der Waals surface area contributed by atoms with Crippen LogP contribution in [-0.4, -0.2) is 21.5 Å². The molecule has 0 amide bonds. The summed E-state index contributed by atoms with van der Waals surface area (Å²) in [5.74, 6) is 0.625. The number of carbonyl (C=O) groups excluding carboxylic acids is 2. The van der Waals surface area contributed by atoms with Gasteiger partial charge in [-0.25, -0.2) is 0 Å². The maximum Gasteiger partial charge on any atom is 0.312 e. The first kappa shape index (κ1) is 15.6. The maximum absolute atomic E-state index is 12.6. The summed E-state index contributed by atoms with van der Waals surface area (Å²) in [5.41, 5.74) is 3.99. The largest absolute Gasteiger partial charge is 0.452 e. The number of benzene rings is 1. The Labute approximate surface area is 145 Å². The van der Waals surface area contributed by atoms with Crippen molar-refractivity contribution in [3.8, 4) is 11.5 Å². The predicted molar refractivity (Wildman–Crippen MR) is 89.8 cm³/mol. The van der Waals surface area contributed by atoms with Gasteiger partial charge in [-0.2, -0.15) is 5.10 Å². The van der Waals surface area contributed by atoms with Crippen molar-refractivity contribution in [2.24, 2.45) is 7.05 Å². The van der Waals surface area contributed by atoms with Crippen LogP contribution in [0.2, 0.25) is 0 Å². The highest BCUT2D eigenvalue weighted by atomic mass is 16.5. The van der Waals surface area contributed by atoms with E-state index in [1.807, 2.05) is 27.8 Å². The van der Waals surface area contributed by atoms with Crippen LogP contribution < -0.4 is 9.47 Å². The molecule has 2 aromatic rings. The first-order chi connectivity index (χ1) is 11.9. The predicted octanol–water partition coefficient (Wildman–Crippen LogP) is 3.04. The zero-order valence-corrected chi connectivity index (χ0v) is 14.5. The highest BCUT2D eigenvalue weighted by Gasteiger charge is 2.39. The summed E-state index contributed by atoms with van der Waals surface area (Å²) in [5, 5.41) is 4.29. The molecule has 0 aliphatic carbocycles. The van der Waals surface area contributed by atoms with Gasteiger partial charge in [-0.1, -0.05) is 0 Å². The number of carbonyl (C=O) groups is 2. The molecule has 0 saturated heterocycles. The first-order valence-electron chi connectivity index (χ1n) is 8.14. The maximum atomic E-state index is 12.6. The summed E-state index contributed by atoms with van der Waals surface area (Å²) >= 11 is 0. The summed E-state index contributed by atoms with van der Waals surface area (Å²) < 4.78 is 13.1. The van der Waals surface area contributed by atoms with Crippen molar-refractivity contribution in [3.05, 3.63) is 52.0 Å². The van der Waals surface area contributed by atoms with Gasteiger partial charge in [-0.05, 0) is 38.5 Å². The second-order valence-corrected chi connectivity index (χ2v) is 6.65. The van der Waals surface area contributed by atoms with Crippen LogP contribution in [0.25, 0.3) is 0 Å². The molecule has 1 aromatic carbocycles. The average Bonchev–Trinajstić information content (AvgIpc) is 3.07. The zero-order chi connectivity index (χ0) is 17.9. The first-order valence-corrected chi connectivity index (χ1v) is 8.14. The van der Waals surface area contributed by atoms with Crippen LogP contribution in [0, 0.1) is 6.92 Å². The number of rotatable bonds is 1. The van der Waals surface area contributed by atoms with E-state index in [0.717, 1.165) is 22.4 Å². The minimum atomic E-state index is -0.299. The lowest BCUT2D eigenvalue weighted by Gasteiger charge is -2.26. The van der Waals surface area contributed by atoms with E-state index in [0.29, 0.717) is 22.8 Å². The van der Waals surface area contributed by atoms with Gasteiger partial charge in [0.15, 0.2) is 5.76 Å². The van der Waals surface area contributed by atoms with E-state index in [1.165, 1.54) is 0 Å². The van der Waals surface area contributed by atoms with Crippen molar-refractivity contribution in [1.82, 2.24) is 9.78 Å². The molecule has 0 saturated carbocycles. The van der Waals surface area contributed by atoms with Gasteiger partial charge < -0.3 is 9.47 Å². The molecule has 1 aromatic heterocycles. The molecule has 0 unspecified atom stereocenters. The van der Waals surface area contributed by atoms with Gasteiger partial charge in [-0.15, -0.1) is 0 Å². The van der Waals surface area contributed by atoms with E-state index in [2.05, 4.69) is 5.10 Å². The molecule has 2 aliphatic rings. The third kappa shape index (κ3) is 2.21. The van der Waals surface area contributed by atoms with E-state index in [9.17, 15) is 9.59 Å². The highest BCUT2D eigenvalue weighted by molar-refractivity contribution is 6.13. The molecule has 0 radical (unpaired) electrons. The minimum absolute atomic E-state index is 0.128. The summed E-state index contributed by atoms with van der Waals surface area (Å²) in [6.45, 7) is 5.64. The molecule has 25 heavy (non-hydrogen) atoms. The summed E-state index contributed by atoms with van der Waals surface area (Å²) in [7, 11) is 1.86. The fraction of sp³-hybridized carbons (Fsp3) is 0.316. The van der Waals surface area contributed by atoms with Crippen molar-refractivity contribution >= 4 is 11.8 Å². The molecule has 0 fully saturated rings. The Morgan fingerprint density at radius 1 is 1.24 bits per heavy atom. The van der Waals surface area contributed by atoms with Crippen molar-refractivity contribution in [1.29, 1.82) is 0 Å². The molecule has 128 valence electrons. The van der Waals surface area contributed by atoms with Crippen molar-refractivity contribution in [2.45, 2.75) is 33.1 Å². The van der Waals surface area contributed by atoms with Crippen LogP contribution in [0.4, 0.5) is 0 Å². The Bertz CT molecular complexity index is 964. The Morgan fingerprint density at radius 3 is 2.64 bits per heavy atom. The number of Topliss-reactive ketones (excluding diaryl/α,β-unsaturated/α-hetero) is 1. The van der Waals surface area contributed by atoms with Crippen LogP contribution in [0.5, 0.6) is 11.5 Å². The highest BCUT2D eigenvalue weighted by Crippen LogP contribution is 2.49. The molecule has 3 heterocycles. The van der Waals surface area contributed by atoms with Crippen LogP contribution >= 0.6 is 0 Å². The average molecular weight is 338 g/mol. The third-order valence-corrected chi connectivity index (χ3v) is 4.86. The SMILES string of the molecule is CC(C)=C1Oc2c(ccc3c2[C@@H](c2cnn(C)c2C)CC(=O)O3)C1=O. The normalized spacial score (nSPS) is 18.6. The van der Waals surface area contributed by atoms with Gasteiger partial charge in [0.05, 0.1) is 18.2 Å². The summed E-state index contributed by atoms with van der Waals surface area (Å²) in [6, 6.07) is 3.34. The van der Waals surface area contributed by atoms with Gasteiger partial charge in [0.25, 0.3) is 0 Å². The summed E-state index contributed by atoms with van der Waals surface area (Å²) in [6.07, 6.45) is 1.96. The molecular weight excluding hydrogens is 320 g/mol. The number of ether oxygens (including phenoxy) is 2. The molecule has 6 heteroatoms.